The fourth-order valence-corrected chi connectivity index (χ4v) is 17.9. The summed E-state index contributed by atoms with van der Waals surface area (Å²) in [5.41, 5.74) is 14.5. The number of hydrogen-bond donors (Lipinski definition) is 1. The smallest absolute Gasteiger partial charge is 0.159 e. The zero-order chi connectivity index (χ0) is 89.6. The van der Waals surface area contributed by atoms with Gasteiger partial charge in [-0.1, -0.05) is 199 Å². The molecule has 0 fully saturated rings. The van der Waals surface area contributed by atoms with E-state index in [1.165, 1.54) is 63.3 Å². The van der Waals surface area contributed by atoms with E-state index in [0.29, 0.717) is 67.2 Å². The van der Waals surface area contributed by atoms with Crippen LogP contribution >= 0.6 is 23.2 Å². The minimum Gasteiger partial charge on any atom is -0.454 e. The normalized spacial score (nSPS) is 13.2. The molecular formula is C109H70Cl2F3N5O3. The van der Waals surface area contributed by atoms with E-state index in [4.69, 9.17) is 48.8 Å². The maximum Gasteiger partial charge on any atom is 0.159 e. The second-order valence-electron chi connectivity index (χ2n) is 30.5. The fraction of sp³-hybridized carbons (Fsp3) is 0.0275. The highest BCUT2D eigenvalue weighted by molar-refractivity contribution is 6.32. The van der Waals surface area contributed by atoms with Crippen LogP contribution in [0.1, 0.15) is 29.0 Å². The second kappa shape index (κ2) is 29.5. The summed E-state index contributed by atoms with van der Waals surface area (Å²) in [5.74, 6) is -1.09. The van der Waals surface area contributed by atoms with Crippen LogP contribution in [0.4, 0.5) is 58.7 Å². The molecular weight excluding hydrogens is 1560 g/mol. The number of nitrogens with one attached hydrogen (secondary N) is 1. The molecule has 24 aromatic rings. The molecule has 13 heteroatoms. The molecule has 24 rings (SSSR count). The van der Waals surface area contributed by atoms with Gasteiger partial charge in [-0.3, -0.25) is 0 Å². The Morgan fingerprint density at radius 1 is 0.270 bits per heavy atom. The summed E-state index contributed by atoms with van der Waals surface area (Å²) in [7, 11) is 0. The van der Waals surface area contributed by atoms with Crippen molar-refractivity contribution in [3.63, 3.8) is 0 Å². The summed E-state index contributed by atoms with van der Waals surface area (Å²) in [6.45, 7) is -7.08. The van der Waals surface area contributed by atoms with Crippen LogP contribution in [0.25, 0.3) is 164 Å². The first kappa shape index (κ1) is 64.0. The lowest BCUT2D eigenvalue weighted by atomic mass is 10.0. The van der Waals surface area contributed by atoms with Crippen LogP contribution in [0.5, 0.6) is 0 Å². The Kier molecular flexibility index (Phi) is 15.5. The summed E-state index contributed by atoms with van der Waals surface area (Å²) in [6, 6.07) is 114. The lowest BCUT2D eigenvalue weighted by Gasteiger charge is -2.26. The number of furan rings is 3. The average Bonchev–Trinajstić information content (AvgIpc) is 1.57. The minimum absolute atomic E-state index is 0.115. The maximum absolute atomic E-state index is 14.8. The number of aromatic nitrogens is 2. The number of para-hydroxylation sites is 6. The van der Waals surface area contributed by atoms with Gasteiger partial charge in [-0.15, -0.1) is 0 Å². The minimum atomic E-state index is -2.42. The predicted octanol–water partition coefficient (Wildman–Crippen LogP) is 32.9. The van der Waals surface area contributed by atoms with Gasteiger partial charge in [0.25, 0.3) is 0 Å². The van der Waals surface area contributed by atoms with E-state index in [9.17, 15) is 13.2 Å². The number of nitrogens with zero attached hydrogens (tertiary/aromatic N) is 4. The topological polar surface area (TPSA) is 67.8 Å². The predicted molar refractivity (Wildman–Crippen MR) is 503 cm³/mol. The number of rotatable bonds is 10. The summed E-state index contributed by atoms with van der Waals surface area (Å²) >= 11 is 12.7. The largest absolute Gasteiger partial charge is 0.454 e. The molecule has 0 spiro atoms. The average molecular weight is 1630 g/mol. The van der Waals surface area contributed by atoms with Gasteiger partial charge in [-0.2, -0.15) is 0 Å². The molecule has 5 aromatic heterocycles. The molecule has 0 radical (unpaired) electrons. The Bertz CT molecular complexity index is 8770. The standard InChI is InChI=1S/C64H41F2N3O2.C26H15Cl2N.C19H14FNO/c1-38-9-5-13-52-54-15-7-17-57(63(54)70-61(38)52)67(46-27-21-44(65)22-28-46)48-26-20-42-35-56-51-32-31-50(37-60(51)69(59(56)36-43(42)34-48)49-25-19-40-11-3-4-12-41(40)33-49)68(47-29-23-45(66)24-30-47)58-18-8-16-55-53-14-6-10-39(2)62(53)71-64(55)58;27-20-7-5-18-13-24-23-10-8-21(28)15-26(23)29(25(24)14-19(18)11-20)22-9-6-16-3-1-2-4-17(16)12-22;1-12-4-2-5-15-16-6-3-7-17(19(16)22-18(12)15)21-14-10-8-13(20)9-11-14/h3-37H,1-2H3;1-15H;2-11,21H,1H3/i1D3,2D3;;1D3. The lowest BCUT2D eigenvalue weighted by molar-refractivity contribution is 0.627. The Labute approximate surface area is 720 Å². The maximum atomic E-state index is 14.8. The van der Waals surface area contributed by atoms with Gasteiger partial charge in [0.2, 0.25) is 0 Å². The first-order valence-corrected chi connectivity index (χ1v) is 40.4. The summed E-state index contributed by atoms with van der Waals surface area (Å²) in [5, 5.41) is 22.2. The Morgan fingerprint density at radius 3 is 1.16 bits per heavy atom. The Balaban J connectivity index is 0.000000150. The molecule has 122 heavy (non-hydrogen) atoms. The SMILES string of the molecule is Clc1ccc2cc3c4ccc(Cl)cc4n(-c4ccc5ccccc5c4)c3cc2c1.[2H]C([2H])([2H])c1cccc2c1oc1c(N(c3ccc(F)cc3)c3ccc4cc5c6ccc(N(c7ccc(F)cc7)c7cccc8c7oc7c(C([2H])([2H])[2H])cccc78)cc6n(-c6ccc7ccccc7c6)c5cc4c3)cccc12.[2H]C([2H])([2H])c1cccc2c1oc1c(Nc3ccc(F)cc3)cccc12. The monoisotopic (exact) mass is 1630 g/mol. The summed E-state index contributed by atoms with van der Waals surface area (Å²) in [6.07, 6.45) is 0. The lowest BCUT2D eigenvalue weighted by Crippen LogP contribution is -2.10. The van der Waals surface area contributed by atoms with E-state index in [2.05, 4.69) is 148 Å². The molecule has 1 N–H and O–H groups in total. The molecule has 0 aliphatic heterocycles. The van der Waals surface area contributed by atoms with Crippen LogP contribution in [0.3, 0.4) is 0 Å². The number of halogens is 5. The van der Waals surface area contributed by atoms with E-state index < -0.39 is 26.4 Å². The number of aryl methyl sites for hydroxylation is 3. The molecule has 0 atom stereocenters. The van der Waals surface area contributed by atoms with Crippen LogP contribution in [-0.4, -0.2) is 9.13 Å². The van der Waals surface area contributed by atoms with Gasteiger partial charge in [0.05, 0.1) is 39.1 Å². The molecule has 8 nitrogen and oxygen atoms in total. The van der Waals surface area contributed by atoms with E-state index >= 15 is 0 Å². The molecule has 584 valence electrons. The molecule has 0 amide bonds. The zero-order valence-corrected chi connectivity index (χ0v) is 66.1. The highest BCUT2D eigenvalue weighted by Crippen LogP contribution is 2.49. The van der Waals surface area contributed by atoms with Gasteiger partial charge in [0, 0.05) is 116 Å². The third kappa shape index (κ3) is 12.7. The van der Waals surface area contributed by atoms with Crippen molar-refractivity contribution >= 4 is 221 Å². The number of anilines is 8. The van der Waals surface area contributed by atoms with Crippen molar-refractivity contribution in [3.8, 4) is 11.4 Å². The first-order chi connectivity index (χ1) is 63.3. The molecule has 19 aromatic carbocycles. The van der Waals surface area contributed by atoms with Crippen LogP contribution in [-0.2, 0) is 0 Å². The molecule has 0 saturated carbocycles. The van der Waals surface area contributed by atoms with Gasteiger partial charge < -0.3 is 37.5 Å². The third-order valence-electron chi connectivity index (χ3n) is 23.1. The first-order valence-electron chi connectivity index (χ1n) is 44.2. The Morgan fingerprint density at radius 2 is 0.639 bits per heavy atom. The molecule has 0 saturated heterocycles. The molecule has 0 unspecified atom stereocenters. The molecule has 0 bridgehead atoms. The van der Waals surface area contributed by atoms with E-state index in [1.54, 1.807) is 72.8 Å². The van der Waals surface area contributed by atoms with Crippen LogP contribution < -0.4 is 15.1 Å². The highest BCUT2D eigenvalue weighted by atomic mass is 35.5. The van der Waals surface area contributed by atoms with E-state index in [0.717, 1.165) is 114 Å². The van der Waals surface area contributed by atoms with Crippen molar-refractivity contribution in [2.45, 2.75) is 20.6 Å². The van der Waals surface area contributed by atoms with Crippen LogP contribution in [0.2, 0.25) is 10.0 Å². The Hall–Kier alpha value is -15.0. The number of fused-ring (bicyclic) bond motifs is 19. The second-order valence-corrected chi connectivity index (χ2v) is 31.3. The van der Waals surface area contributed by atoms with Crippen LogP contribution in [0, 0.1) is 38.0 Å². The van der Waals surface area contributed by atoms with E-state index in [1.807, 2.05) is 131 Å². The molecule has 5 heterocycles. The zero-order valence-electron chi connectivity index (χ0n) is 73.5. The fourth-order valence-electron chi connectivity index (χ4n) is 17.5. The summed E-state index contributed by atoms with van der Waals surface area (Å²) < 4.78 is 139. The molecule has 0 aliphatic carbocycles. The van der Waals surface area contributed by atoms with Gasteiger partial charge >= 0.3 is 0 Å². The van der Waals surface area contributed by atoms with Gasteiger partial charge in [0.1, 0.15) is 34.2 Å². The van der Waals surface area contributed by atoms with Crippen molar-refractivity contribution in [3.05, 3.63) is 408 Å². The van der Waals surface area contributed by atoms with Crippen LogP contribution in [0.15, 0.2) is 377 Å². The van der Waals surface area contributed by atoms with Crippen molar-refractivity contribution in [2.75, 3.05) is 15.1 Å². The van der Waals surface area contributed by atoms with Crippen molar-refractivity contribution in [2.24, 2.45) is 0 Å². The highest BCUT2D eigenvalue weighted by Gasteiger charge is 2.26. The van der Waals surface area contributed by atoms with Gasteiger partial charge in [-0.25, -0.2) is 13.2 Å². The van der Waals surface area contributed by atoms with Crippen molar-refractivity contribution < 1.29 is 38.8 Å². The van der Waals surface area contributed by atoms with E-state index in [-0.39, 0.29) is 39.5 Å². The third-order valence-corrected chi connectivity index (χ3v) is 23.6. The van der Waals surface area contributed by atoms with Gasteiger partial charge in [-0.05, 0) is 268 Å². The number of benzene rings is 19. The van der Waals surface area contributed by atoms with Crippen molar-refractivity contribution in [1.82, 2.24) is 9.13 Å². The summed E-state index contributed by atoms with van der Waals surface area (Å²) in [4.78, 5) is 4.02. The van der Waals surface area contributed by atoms with Crippen molar-refractivity contribution in [1.29, 1.82) is 0 Å². The molecule has 0 aliphatic rings. The van der Waals surface area contributed by atoms with Gasteiger partial charge in [0.15, 0.2) is 16.7 Å². The number of hydrogen-bond acceptors (Lipinski definition) is 6. The quantitative estimate of drug-likeness (QED) is 0.147.